The third-order valence-corrected chi connectivity index (χ3v) is 4.29. The van der Waals surface area contributed by atoms with Crippen LogP contribution in [0.4, 0.5) is 0 Å². The van der Waals surface area contributed by atoms with Crippen LogP contribution in [0.5, 0.6) is 0 Å². The van der Waals surface area contributed by atoms with Gasteiger partial charge in [-0.2, -0.15) is 0 Å². The van der Waals surface area contributed by atoms with Crippen molar-refractivity contribution in [2.45, 2.75) is 0 Å². The molecular formula is C13H9N3OS2. The zero-order chi connectivity index (χ0) is 13.4. The number of carbonyl (C=O) groups excluding carboxylic acids is 1. The predicted octanol–water partition coefficient (Wildman–Crippen LogP) is 2.46. The van der Waals surface area contributed by atoms with Crippen molar-refractivity contribution in [1.82, 2.24) is 14.9 Å². The molecule has 1 aromatic carbocycles. The van der Waals surface area contributed by atoms with Crippen LogP contribution in [-0.4, -0.2) is 32.1 Å². The maximum atomic E-state index is 12.0. The number of thiocarbonyl (C=S) groups is 1. The van der Waals surface area contributed by atoms with E-state index in [1.165, 1.54) is 16.7 Å². The Bertz CT molecular complexity index is 721. The highest BCUT2D eigenvalue weighted by Gasteiger charge is 2.28. The molecule has 0 bridgehead atoms. The molecule has 1 aliphatic rings. The van der Waals surface area contributed by atoms with Crippen LogP contribution in [0, 0.1) is 0 Å². The first kappa shape index (κ1) is 12.3. The summed E-state index contributed by atoms with van der Waals surface area (Å²) in [4.78, 5) is 22.6. The molecule has 0 spiro atoms. The molecule has 1 fully saturated rings. The van der Waals surface area contributed by atoms with Crippen LogP contribution in [-0.2, 0) is 4.79 Å². The summed E-state index contributed by atoms with van der Waals surface area (Å²) >= 11 is 6.41. The Morgan fingerprint density at radius 3 is 2.84 bits per heavy atom. The molecule has 0 aliphatic carbocycles. The van der Waals surface area contributed by atoms with E-state index in [-0.39, 0.29) is 5.91 Å². The summed E-state index contributed by atoms with van der Waals surface area (Å²) < 4.78 is 0.572. The molecule has 0 radical (unpaired) electrons. The van der Waals surface area contributed by atoms with E-state index in [1.54, 1.807) is 19.4 Å². The highest BCUT2D eigenvalue weighted by atomic mass is 32.2. The number of amides is 1. The predicted molar refractivity (Wildman–Crippen MR) is 80.5 cm³/mol. The van der Waals surface area contributed by atoms with Gasteiger partial charge in [-0.1, -0.05) is 36.1 Å². The summed E-state index contributed by atoms with van der Waals surface area (Å²) in [6.45, 7) is 0. The minimum atomic E-state index is -0.0732. The second-order valence-electron chi connectivity index (χ2n) is 4.01. The van der Waals surface area contributed by atoms with Crippen molar-refractivity contribution in [3.8, 4) is 0 Å². The smallest absolute Gasteiger partial charge is 0.265 e. The largest absolute Gasteiger partial charge is 0.296 e. The summed E-state index contributed by atoms with van der Waals surface area (Å²) in [5, 5.41) is 0. The topological polar surface area (TPSA) is 46.1 Å². The molecule has 0 atom stereocenters. The lowest BCUT2D eigenvalue weighted by Crippen LogP contribution is -2.22. The average Bonchev–Trinajstić information content (AvgIpc) is 2.67. The van der Waals surface area contributed by atoms with Gasteiger partial charge in [0.15, 0.2) is 0 Å². The Morgan fingerprint density at radius 1 is 1.32 bits per heavy atom. The van der Waals surface area contributed by atoms with Gasteiger partial charge in [0.2, 0.25) is 0 Å². The number of fused-ring (bicyclic) bond motifs is 1. The van der Waals surface area contributed by atoms with Crippen molar-refractivity contribution in [3.63, 3.8) is 0 Å². The van der Waals surface area contributed by atoms with Crippen LogP contribution in [0.2, 0.25) is 0 Å². The van der Waals surface area contributed by atoms with Crippen molar-refractivity contribution < 1.29 is 4.79 Å². The van der Waals surface area contributed by atoms with Gasteiger partial charge in [0.1, 0.15) is 4.32 Å². The number of aromatic nitrogens is 2. The lowest BCUT2D eigenvalue weighted by atomic mass is 10.1. The van der Waals surface area contributed by atoms with Gasteiger partial charge in [-0.25, -0.2) is 0 Å². The van der Waals surface area contributed by atoms with Crippen molar-refractivity contribution in [3.05, 3.63) is 41.1 Å². The fourth-order valence-corrected chi connectivity index (χ4v) is 2.99. The maximum Gasteiger partial charge on any atom is 0.265 e. The molecule has 1 saturated heterocycles. The molecular weight excluding hydrogens is 278 g/mol. The van der Waals surface area contributed by atoms with Gasteiger partial charge in [0, 0.05) is 25.0 Å². The molecule has 19 heavy (non-hydrogen) atoms. The fourth-order valence-electron chi connectivity index (χ4n) is 1.82. The number of benzene rings is 1. The molecule has 3 rings (SSSR count). The summed E-state index contributed by atoms with van der Waals surface area (Å²) in [7, 11) is 1.68. The Kier molecular flexibility index (Phi) is 3.04. The molecule has 4 nitrogen and oxygen atoms in total. The molecule has 0 N–H and O–H groups in total. The van der Waals surface area contributed by atoms with Crippen LogP contribution in [0.15, 0.2) is 35.5 Å². The van der Waals surface area contributed by atoms with Crippen LogP contribution in [0.1, 0.15) is 5.56 Å². The Hall–Kier alpha value is -1.79. The summed E-state index contributed by atoms with van der Waals surface area (Å²) in [6, 6.07) is 5.71. The van der Waals surface area contributed by atoms with E-state index in [4.69, 9.17) is 12.2 Å². The van der Waals surface area contributed by atoms with Crippen LogP contribution >= 0.6 is 24.0 Å². The van der Waals surface area contributed by atoms with E-state index in [0.29, 0.717) is 9.23 Å². The minimum Gasteiger partial charge on any atom is -0.296 e. The lowest BCUT2D eigenvalue weighted by Gasteiger charge is -2.03. The summed E-state index contributed by atoms with van der Waals surface area (Å²) in [5.41, 5.74) is 2.47. The number of likely N-dealkylation sites (N-methyl/N-ethyl adjacent to an activating group) is 1. The zero-order valence-electron chi connectivity index (χ0n) is 10.0. The Balaban J connectivity index is 2.12. The standard InChI is InChI=1S/C13H9N3OS2/c1-16-12(17)10(19-13(16)18)7-8-3-2-4-9-11(8)15-6-5-14-9/h2-7H,1H3. The normalized spacial score (nSPS) is 17.7. The van der Waals surface area contributed by atoms with Crippen molar-refractivity contribution in [2.24, 2.45) is 0 Å². The average molecular weight is 287 g/mol. The minimum absolute atomic E-state index is 0.0732. The van der Waals surface area contributed by atoms with E-state index in [9.17, 15) is 4.79 Å². The molecule has 6 heteroatoms. The molecule has 94 valence electrons. The van der Waals surface area contributed by atoms with E-state index < -0.39 is 0 Å². The number of hydrogen-bond acceptors (Lipinski definition) is 5. The molecule has 0 unspecified atom stereocenters. The molecule has 1 aromatic heterocycles. The van der Waals surface area contributed by atoms with Gasteiger partial charge >= 0.3 is 0 Å². The van der Waals surface area contributed by atoms with Crippen LogP contribution in [0.3, 0.4) is 0 Å². The fraction of sp³-hybridized carbons (Fsp3) is 0.0769. The van der Waals surface area contributed by atoms with E-state index in [1.807, 2.05) is 24.3 Å². The van der Waals surface area contributed by atoms with Crippen LogP contribution < -0.4 is 0 Å². The number of nitrogens with zero attached hydrogens (tertiary/aromatic N) is 3. The zero-order valence-corrected chi connectivity index (χ0v) is 11.7. The van der Waals surface area contributed by atoms with Crippen molar-refractivity contribution in [2.75, 3.05) is 7.05 Å². The van der Waals surface area contributed by atoms with Gasteiger partial charge in [-0.05, 0) is 12.1 Å². The molecule has 0 saturated carbocycles. The van der Waals surface area contributed by atoms with E-state index in [2.05, 4.69) is 9.97 Å². The first-order chi connectivity index (χ1) is 9.16. The second-order valence-corrected chi connectivity index (χ2v) is 5.69. The number of carbonyl (C=O) groups is 1. The van der Waals surface area contributed by atoms with Gasteiger partial charge < -0.3 is 0 Å². The lowest BCUT2D eigenvalue weighted by molar-refractivity contribution is -0.121. The molecule has 2 heterocycles. The van der Waals surface area contributed by atoms with E-state index >= 15 is 0 Å². The van der Waals surface area contributed by atoms with Gasteiger partial charge in [0.25, 0.3) is 5.91 Å². The van der Waals surface area contributed by atoms with Crippen LogP contribution in [0.25, 0.3) is 17.1 Å². The number of thioether (sulfide) groups is 1. The van der Waals surface area contributed by atoms with Gasteiger partial charge in [-0.15, -0.1) is 0 Å². The Morgan fingerprint density at radius 2 is 2.11 bits per heavy atom. The molecule has 2 aromatic rings. The molecule has 1 aliphatic heterocycles. The second kappa shape index (κ2) is 4.71. The van der Waals surface area contributed by atoms with Gasteiger partial charge in [0.05, 0.1) is 15.9 Å². The third kappa shape index (κ3) is 2.13. The molecule has 1 amide bonds. The van der Waals surface area contributed by atoms with Crippen molar-refractivity contribution in [1.29, 1.82) is 0 Å². The first-order valence-electron chi connectivity index (χ1n) is 5.58. The summed E-state index contributed by atoms with van der Waals surface area (Å²) in [5.74, 6) is -0.0732. The number of rotatable bonds is 1. The highest BCUT2D eigenvalue weighted by molar-refractivity contribution is 8.26. The number of hydrogen-bond donors (Lipinski definition) is 0. The van der Waals surface area contributed by atoms with Crippen molar-refractivity contribution >= 4 is 51.3 Å². The highest BCUT2D eigenvalue weighted by Crippen LogP contribution is 2.32. The summed E-state index contributed by atoms with van der Waals surface area (Å²) in [6.07, 6.45) is 5.11. The van der Waals surface area contributed by atoms with Gasteiger partial charge in [-0.3, -0.25) is 19.7 Å². The quantitative estimate of drug-likeness (QED) is 0.595. The first-order valence-corrected chi connectivity index (χ1v) is 6.80. The number of para-hydroxylation sites is 1. The SMILES string of the molecule is CN1C(=O)C(=Cc2cccc3nccnc23)SC1=S. The Labute approximate surface area is 119 Å². The maximum absolute atomic E-state index is 12.0. The monoisotopic (exact) mass is 287 g/mol. The van der Waals surface area contributed by atoms with E-state index in [0.717, 1.165) is 16.6 Å². The third-order valence-electron chi connectivity index (χ3n) is 2.80.